The number of allylic oxidation sites excluding steroid dienone is 5. The zero-order valence-electron chi connectivity index (χ0n) is 27.5. The van der Waals surface area contributed by atoms with Crippen molar-refractivity contribution in [1.82, 2.24) is 5.32 Å². The third kappa shape index (κ3) is 13.6. The highest BCUT2D eigenvalue weighted by Crippen LogP contribution is 2.29. The summed E-state index contributed by atoms with van der Waals surface area (Å²) in [5.41, 5.74) is 0. The lowest BCUT2D eigenvalue weighted by molar-refractivity contribution is -0.359. The lowest BCUT2D eigenvalue weighted by atomic mass is 9.97. The Morgan fingerprint density at radius 3 is 1.91 bits per heavy atom. The summed E-state index contributed by atoms with van der Waals surface area (Å²) in [6, 6.07) is -0.927. The smallest absolute Gasteiger partial charge is 0.220 e. The van der Waals surface area contributed by atoms with Gasteiger partial charge in [0.15, 0.2) is 12.6 Å². The maximum absolute atomic E-state index is 12.4. The van der Waals surface area contributed by atoms with E-state index in [4.69, 9.17) is 18.9 Å². The predicted octanol–water partition coefficient (Wildman–Crippen LogP) is -0.308. The molecule has 0 saturated carbocycles. The van der Waals surface area contributed by atoms with Gasteiger partial charge in [0, 0.05) is 6.42 Å². The second-order valence-electron chi connectivity index (χ2n) is 11.9. The molecule has 2 saturated heterocycles. The number of carbonyl (C=O) groups is 1. The Morgan fingerprint density at radius 2 is 1.32 bits per heavy atom. The molecule has 272 valence electrons. The number of hydrogen-bond donors (Lipinski definition) is 9. The van der Waals surface area contributed by atoms with Gasteiger partial charge in [-0.1, -0.05) is 63.1 Å². The molecular weight excluding hydrogens is 618 g/mol. The third-order valence-corrected chi connectivity index (χ3v) is 8.03. The maximum Gasteiger partial charge on any atom is 0.220 e. The van der Waals surface area contributed by atoms with Gasteiger partial charge in [0.2, 0.25) is 5.91 Å². The number of carbonyl (C=O) groups excluding carboxylic acids is 1. The van der Waals surface area contributed by atoms with Crippen molar-refractivity contribution < 1.29 is 64.6 Å². The van der Waals surface area contributed by atoms with Crippen LogP contribution in [0.3, 0.4) is 0 Å². The van der Waals surface area contributed by atoms with Crippen LogP contribution in [0, 0.1) is 0 Å². The van der Waals surface area contributed by atoms with Crippen molar-refractivity contribution in [2.24, 2.45) is 0 Å². The standard InChI is InChI=1S/C33H57NO13/c1-3-5-6-7-8-9-10-11-12-13-14-15-17-22(37)21(34-25(38)16-4-2)20-44-32-30(43)28(41)31(24(19-36)46-32)47-33-29(42)27(40)26(39)23(18-35)45-33/h7-8,11-12,15,17,21-24,26-33,35-37,39-43H,3-6,9-10,13-14,16,18-20H2,1-2H3,(H,34,38)/b8-7+,12-11+,17-15+. The van der Waals surface area contributed by atoms with Gasteiger partial charge in [0.05, 0.1) is 32.0 Å². The number of ether oxygens (including phenoxy) is 4. The minimum absolute atomic E-state index is 0.219. The van der Waals surface area contributed by atoms with E-state index in [9.17, 15) is 45.6 Å². The van der Waals surface area contributed by atoms with E-state index in [2.05, 4.69) is 36.5 Å². The lowest BCUT2D eigenvalue weighted by Crippen LogP contribution is -2.65. The number of aliphatic hydroxyl groups is 8. The summed E-state index contributed by atoms with van der Waals surface area (Å²) < 4.78 is 22.2. The second-order valence-corrected chi connectivity index (χ2v) is 11.9. The summed E-state index contributed by atoms with van der Waals surface area (Å²) in [7, 11) is 0. The first-order valence-electron chi connectivity index (χ1n) is 16.7. The summed E-state index contributed by atoms with van der Waals surface area (Å²) in [6.07, 6.45) is 2.64. The molecule has 47 heavy (non-hydrogen) atoms. The van der Waals surface area contributed by atoms with E-state index in [1.807, 2.05) is 6.92 Å². The summed E-state index contributed by atoms with van der Waals surface area (Å²) in [5.74, 6) is -0.313. The number of nitrogens with one attached hydrogen (secondary N) is 1. The van der Waals surface area contributed by atoms with E-state index in [1.165, 1.54) is 12.8 Å². The Balaban J connectivity index is 1.95. The van der Waals surface area contributed by atoms with Gasteiger partial charge in [-0.15, -0.1) is 0 Å². The van der Waals surface area contributed by atoms with Gasteiger partial charge in [-0.05, 0) is 38.5 Å². The van der Waals surface area contributed by atoms with Crippen LogP contribution in [0.1, 0.15) is 71.6 Å². The van der Waals surface area contributed by atoms with Crippen LogP contribution in [0.4, 0.5) is 0 Å². The highest BCUT2D eigenvalue weighted by atomic mass is 16.7. The highest BCUT2D eigenvalue weighted by Gasteiger charge is 2.50. The topological polar surface area (TPSA) is 228 Å². The van der Waals surface area contributed by atoms with Gasteiger partial charge in [-0.2, -0.15) is 0 Å². The molecule has 9 N–H and O–H groups in total. The van der Waals surface area contributed by atoms with Gasteiger partial charge >= 0.3 is 0 Å². The molecule has 1 amide bonds. The Kier molecular flexibility index (Phi) is 20.0. The summed E-state index contributed by atoms with van der Waals surface area (Å²) in [6.45, 7) is 2.26. The Bertz CT molecular complexity index is 945. The van der Waals surface area contributed by atoms with Crippen molar-refractivity contribution in [2.75, 3.05) is 19.8 Å². The van der Waals surface area contributed by atoms with Gasteiger partial charge in [-0.3, -0.25) is 4.79 Å². The Morgan fingerprint density at radius 1 is 0.745 bits per heavy atom. The highest BCUT2D eigenvalue weighted by molar-refractivity contribution is 5.76. The van der Waals surface area contributed by atoms with Crippen molar-refractivity contribution in [3.05, 3.63) is 36.5 Å². The molecule has 0 aliphatic carbocycles. The van der Waals surface area contributed by atoms with Gasteiger partial charge in [0.1, 0.15) is 48.8 Å². The minimum atomic E-state index is -1.79. The molecular formula is C33H57NO13. The molecule has 12 unspecified atom stereocenters. The molecule has 2 rings (SSSR count). The molecule has 0 aromatic carbocycles. The fourth-order valence-electron chi connectivity index (χ4n) is 5.17. The van der Waals surface area contributed by atoms with E-state index in [1.54, 1.807) is 12.2 Å². The molecule has 0 aromatic rings. The predicted molar refractivity (Wildman–Crippen MR) is 171 cm³/mol. The first kappa shape index (κ1) is 41.4. The molecule has 2 heterocycles. The van der Waals surface area contributed by atoms with Crippen LogP contribution in [0.15, 0.2) is 36.5 Å². The molecule has 14 nitrogen and oxygen atoms in total. The first-order valence-corrected chi connectivity index (χ1v) is 16.7. The molecule has 0 aromatic heterocycles. The van der Waals surface area contributed by atoms with Crippen molar-refractivity contribution in [3.8, 4) is 0 Å². The van der Waals surface area contributed by atoms with Crippen LogP contribution >= 0.6 is 0 Å². The largest absolute Gasteiger partial charge is 0.394 e. The van der Waals surface area contributed by atoms with E-state index in [-0.39, 0.29) is 18.9 Å². The molecule has 14 heteroatoms. The van der Waals surface area contributed by atoms with Crippen molar-refractivity contribution in [1.29, 1.82) is 0 Å². The maximum atomic E-state index is 12.4. The SMILES string of the molecule is CCCC/C=C/CC/C=C/CC/C=C/C(O)C(COC1OC(CO)C(OC2OC(CO)C(O)C(O)C2O)C(O)C1O)NC(=O)CCC. The number of hydrogen-bond acceptors (Lipinski definition) is 13. The number of aliphatic hydroxyl groups excluding tert-OH is 8. The van der Waals surface area contributed by atoms with Crippen LogP contribution in [0.25, 0.3) is 0 Å². The molecule has 0 bridgehead atoms. The minimum Gasteiger partial charge on any atom is -0.394 e. The van der Waals surface area contributed by atoms with E-state index in [0.717, 1.165) is 25.7 Å². The first-order chi connectivity index (χ1) is 22.6. The van der Waals surface area contributed by atoms with Gasteiger partial charge in [-0.25, -0.2) is 0 Å². The normalized spacial score (nSPS) is 33.1. The van der Waals surface area contributed by atoms with Crippen LogP contribution in [-0.2, 0) is 23.7 Å². The van der Waals surface area contributed by atoms with Crippen molar-refractivity contribution in [2.45, 2.75) is 145 Å². The molecule has 2 fully saturated rings. The van der Waals surface area contributed by atoms with E-state index >= 15 is 0 Å². The molecule has 0 spiro atoms. The molecule has 2 aliphatic rings. The quantitative estimate of drug-likeness (QED) is 0.0563. The zero-order valence-corrected chi connectivity index (χ0v) is 27.5. The summed E-state index contributed by atoms with van der Waals surface area (Å²) >= 11 is 0. The van der Waals surface area contributed by atoms with Crippen molar-refractivity contribution >= 4 is 5.91 Å². The van der Waals surface area contributed by atoms with Crippen LogP contribution in [0.5, 0.6) is 0 Å². The van der Waals surface area contributed by atoms with Crippen LogP contribution < -0.4 is 5.32 Å². The number of amides is 1. The molecule has 2 aliphatic heterocycles. The number of rotatable bonds is 21. The average Bonchev–Trinajstić information content (AvgIpc) is 3.06. The fraction of sp³-hybridized carbons (Fsp3) is 0.788. The number of unbranched alkanes of at least 4 members (excludes halogenated alkanes) is 4. The van der Waals surface area contributed by atoms with Crippen LogP contribution in [-0.4, -0.2) is 140 Å². The molecule has 0 radical (unpaired) electrons. The molecule has 12 atom stereocenters. The zero-order chi connectivity index (χ0) is 34.8. The van der Waals surface area contributed by atoms with Crippen molar-refractivity contribution in [3.63, 3.8) is 0 Å². The lowest BCUT2D eigenvalue weighted by Gasteiger charge is -2.46. The Hall–Kier alpha value is -1.79. The summed E-state index contributed by atoms with van der Waals surface area (Å²) in [5, 5.41) is 84.9. The third-order valence-electron chi connectivity index (χ3n) is 8.03. The average molecular weight is 676 g/mol. The Labute approximate surface area is 277 Å². The summed E-state index contributed by atoms with van der Waals surface area (Å²) in [4.78, 5) is 12.4. The monoisotopic (exact) mass is 675 g/mol. The fourth-order valence-corrected chi connectivity index (χ4v) is 5.17. The van der Waals surface area contributed by atoms with Gasteiger partial charge in [0.25, 0.3) is 0 Å². The van der Waals surface area contributed by atoms with Crippen LogP contribution in [0.2, 0.25) is 0 Å². The second kappa shape index (κ2) is 22.8. The van der Waals surface area contributed by atoms with E-state index < -0.39 is 86.8 Å². The van der Waals surface area contributed by atoms with E-state index in [0.29, 0.717) is 12.8 Å². The van der Waals surface area contributed by atoms with Gasteiger partial charge < -0.3 is 65.1 Å².